The summed E-state index contributed by atoms with van der Waals surface area (Å²) >= 11 is 3.46. The Morgan fingerprint density at radius 2 is 2.00 bits per heavy atom. The van der Waals surface area contributed by atoms with Crippen LogP contribution in [0.15, 0.2) is 47.2 Å². The van der Waals surface area contributed by atoms with Crippen LogP contribution in [0.3, 0.4) is 0 Å². The Morgan fingerprint density at radius 1 is 1.28 bits per heavy atom. The third-order valence-electron chi connectivity index (χ3n) is 4.36. The van der Waals surface area contributed by atoms with Crippen LogP contribution in [0.5, 0.6) is 0 Å². The molecule has 0 spiro atoms. The minimum absolute atomic E-state index is 0.106. The second kappa shape index (κ2) is 7.40. The molecule has 1 unspecified atom stereocenters. The second-order valence-corrected chi connectivity index (χ2v) is 7.18. The van der Waals surface area contributed by atoms with Crippen LogP contribution in [0, 0.1) is 6.92 Å². The van der Waals surface area contributed by atoms with Gasteiger partial charge in [-0.2, -0.15) is 5.10 Å². The Kier molecular flexibility index (Phi) is 5.23. The molecule has 0 radical (unpaired) electrons. The summed E-state index contributed by atoms with van der Waals surface area (Å²) in [6.45, 7) is 5.85. The molecule has 3 rings (SSSR count). The van der Waals surface area contributed by atoms with E-state index in [1.54, 1.807) is 4.52 Å². The number of fused-ring (bicyclic) bond motifs is 1. The highest BCUT2D eigenvalue weighted by molar-refractivity contribution is 9.10. The largest absolute Gasteiger partial charge is 0.459 e. The molecule has 25 heavy (non-hydrogen) atoms. The summed E-state index contributed by atoms with van der Waals surface area (Å²) < 4.78 is 8.38. The molecule has 0 aliphatic carbocycles. The number of carbonyl (C=O) groups is 1. The van der Waals surface area contributed by atoms with Crippen molar-refractivity contribution in [3.05, 3.63) is 69.5 Å². The molecule has 4 nitrogen and oxygen atoms in total. The van der Waals surface area contributed by atoms with E-state index in [1.165, 1.54) is 5.56 Å². The number of ether oxygens (including phenoxy) is 1. The van der Waals surface area contributed by atoms with Crippen LogP contribution < -0.4 is 0 Å². The van der Waals surface area contributed by atoms with Crippen LogP contribution in [-0.2, 0) is 11.2 Å². The molecule has 0 fully saturated rings. The quantitative estimate of drug-likeness (QED) is 0.568. The van der Waals surface area contributed by atoms with Crippen LogP contribution >= 0.6 is 15.9 Å². The minimum atomic E-state index is -0.282. The molecule has 1 aromatic carbocycles. The van der Waals surface area contributed by atoms with Gasteiger partial charge in [0.15, 0.2) is 0 Å². The molecular formula is C20H21BrN2O2. The molecule has 0 aliphatic rings. The Morgan fingerprint density at radius 3 is 2.68 bits per heavy atom. The van der Waals surface area contributed by atoms with Gasteiger partial charge in [-0.05, 0) is 49.6 Å². The lowest BCUT2D eigenvalue weighted by atomic mass is 10.0. The molecule has 130 valence electrons. The molecule has 3 aromatic rings. The zero-order valence-electron chi connectivity index (χ0n) is 14.6. The van der Waals surface area contributed by atoms with E-state index in [-0.39, 0.29) is 12.1 Å². The average Bonchev–Trinajstić information content (AvgIpc) is 2.99. The van der Waals surface area contributed by atoms with E-state index in [0.717, 1.165) is 27.5 Å². The molecule has 5 heteroatoms. The van der Waals surface area contributed by atoms with Crippen molar-refractivity contribution in [3.63, 3.8) is 0 Å². The highest BCUT2D eigenvalue weighted by Crippen LogP contribution is 2.24. The van der Waals surface area contributed by atoms with Gasteiger partial charge >= 0.3 is 5.97 Å². The van der Waals surface area contributed by atoms with Crippen LogP contribution in [0.2, 0.25) is 0 Å². The van der Waals surface area contributed by atoms with Crippen LogP contribution in [0.4, 0.5) is 0 Å². The first-order valence-electron chi connectivity index (χ1n) is 8.40. The topological polar surface area (TPSA) is 43.6 Å². The van der Waals surface area contributed by atoms with Crippen molar-refractivity contribution in [3.8, 4) is 0 Å². The summed E-state index contributed by atoms with van der Waals surface area (Å²) in [5.74, 6) is -0.282. The maximum atomic E-state index is 12.7. The van der Waals surface area contributed by atoms with Crippen molar-refractivity contribution in [1.82, 2.24) is 9.61 Å². The van der Waals surface area contributed by atoms with Gasteiger partial charge in [-0.15, -0.1) is 0 Å². The summed E-state index contributed by atoms with van der Waals surface area (Å²) in [5.41, 5.74) is 4.52. The molecular weight excluding hydrogens is 380 g/mol. The van der Waals surface area contributed by atoms with Gasteiger partial charge in [-0.25, -0.2) is 9.31 Å². The van der Waals surface area contributed by atoms with Crippen LogP contribution in [0.25, 0.3) is 5.52 Å². The van der Waals surface area contributed by atoms with Gasteiger partial charge in [-0.1, -0.05) is 35.0 Å². The number of nitrogens with zero attached hydrogens (tertiary/aromatic N) is 2. The molecule has 0 saturated carbocycles. The van der Waals surface area contributed by atoms with Gasteiger partial charge in [-0.3, -0.25) is 0 Å². The number of hydrogen-bond acceptors (Lipinski definition) is 3. The molecule has 0 bridgehead atoms. The highest BCUT2D eigenvalue weighted by Gasteiger charge is 2.20. The summed E-state index contributed by atoms with van der Waals surface area (Å²) in [7, 11) is 0. The summed E-state index contributed by atoms with van der Waals surface area (Å²) in [5, 5.41) is 4.42. The number of halogens is 1. The standard InChI is InChI=1S/C20H21BrN2O2/c1-4-14(3)25-20(24)18-13(2)9-10-23-19(18)16(12-22-23)11-15-5-7-17(21)8-6-15/h5-10,12,14H,4,11H2,1-3H3. The SMILES string of the molecule is CCC(C)OC(=O)c1c(C)ccn2ncc(Cc3ccc(Br)cc3)c12. The van der Waals surface area contributed by atoms with E-state index >= 15 is 0 Å². The van der Waals surface area contributed by atoms with E-state index in [4.69, 9.17) is 4.74 Å². The van der Waals surface area contributed by atoms with Gasteiger partial charge in [0.25, 0.3) is 0 Å². The molecule has 1 atom stereocenters. The van der Waals surface area contributed by atoms with Crippen molar-refractivity contribution in [1.29, 1.82) is 0 Å². The smallest absolute Gasteiger partial charge is 0.340 e. The van der Waals surface area contributed by atoms with Gasteiger partial charge in [0, 0.05) is 22.7 Å². The first-order valence-corrected chi connectivity index (χ1v) is 9.20. The third-order valence-corrected chi connectivity index (χ3v) is 4.89. The Bertz CT molecular complexity index is 900. The van der Waals surface area contributed by atoms with Crippen molar-refractivity contribution < 1.29 is 9.53 Å². The predicted molar refractivity (Wildman–Crippen MR) is 102 cm³/mol. The van der Waals surface area contributed by atoms with Crippen molar-refractivity contribution in [2.45, 2.75) is 39.7 Å². The zero-order chi connectivity index (χ0) is 18.0. The number of pyridine rings is 1. The van der Waals surface area contributed by atoms with Gasteiger partial charge in [0.1, 0.15) is 0 Å². The van der Waals surface area contributed by atoms with Gasteiger partial charge in [0.2, 0.25) is 0 Å². The normalized spacial score (nSPS) is 12.3. The fraction of sp³-hybridized carbons (Fsp3) is 0.300. The number of aromatic nitrogens is 2. The first-order chi connectivity index (χ1) is 12.0. The zero-order valence-corrected chi connectivity index (χ0v) is 16.2. The van der Waals surface area contributed by atoms with Crippen LogP contribution in [0.1, 0.15) is 47.3 Å². The molecule has 0 amide bonds. The Labute approximate surface area is 155 Å². The van der Waals surface area contributed by atoms with Crippen molar-refractivity contribution in [2.75, 3.05) is 0 Å². The van der Waals surface area contributed by atoms with E-state index in [0.29, 0.717) is 12.0 Å². The maximum Gasteiger partial charge on any atom is 0.340 e. The predicted octanol–water partition coefficient (Wildman–Crippen LogP) is 4.95. The summed E-state index contributed by atoms with van der Waals surface area (Å²) in [6, 6.07) is 10.1. The molecule has 0 aliphatic heterocycles. The lowest BCUT2D eigenvalue weighted by molar-refractivity contribution is 0.0335. The monoisotopic (exact) mass is 400 g/mol. The van der Waals surface area contributed by atoms with Crippen LogP contribution in [-0.4, -0.2) is 21.7 Å². The lowest BCUT2D eigenvalue weighted by Gasteiger charge is -2.14. The fourth-order valence-corrected chi connectivity index (χ4v) is 3.04. The second-order valence-electron chi connectivity index (χ2n) is 6.26. The Hall–Kier alpha value is -2.14. The number of rotatable bonds is 5. The summed E-state index contributed by atoms with van der Waals surface area (Å²) in [4.78, 5) is 12.7. The highest BCUT2D eigenvalue weighted by atomic mass is 79.9. The summed E-state index contributed by atoms with van der Waals surface area (Å²) in [6.07, 6.45) is 5.11. The number of hydrogen-bond donors (Lipinski definition) is 0. The van der Waals surface area contributed by atoms with E-state index < -0.39 is 0 Å². The molecule has 0 N–H and O–H groups in total. The van der Waals surface area contributed by atoms with E-state index in [1.807, 2.05) is 51.4 Å². The number of esters is 1. The number of benzene rings is 1. The number of carbonyl (C=O) groups excluding carboxylic acids is 1. The molecule has 0 saturated heterocycles. The molecule has 2 aromatic heterocycles. The third kappa shape index (κ3) is 3.76. The van der Waals surface area contributed by atoms with Crippen molar-refractivity contribution >= 4 is 27.4 Å². The molecule has 2 heterocycles. The minimum Gasteiger partial charge on any atom is -0.459 e. The van der Waals surface area contributed by atoms with Crippen molar-refractivity contribution in [2.24, 2.45) is 0 Å². The van der Waals surface area contributed by atoms with Gasteiger partial charge in [0.05, 0.1) is 23.4 Å². The van der Waals surface area contributed by atoms with E-state index in [2.05, 4.69) is 33.2 Å². The number of aryl methyl sites for hydroxylation is 1. The van der Waals surface area contributed by atoms with Gasteiger partial charge < -0.3 is 4.74 Å². The lowest BCUT2D eigenvalue weighted by Crippen LogP contribution is -2.16. The Balaban J connectivity index is 2.04. The first kappa shape index (κ1) is 17.7. The average molecular weight is 401 g/mol. The van der Waals surface area contributed by atoms with E-state index in [9.17, 15) is 4.79 Å². The fourth-order valence-electron chi connectivity index (χ4n) is 2.77. The maximum absolute atomic E-state index is 12.7.